The zero-order valence-electron chi connectivity index (χ0n) is 53.6. The van der Waals surface area contributed by atoms with Crippen molar-refractivity contribution in [3.05, 3.63) is 77.4 Å². The Morgan fingerprint density at radius 3 is 1.76 bits per heavy atom. The zero-order valence-corrected chi connectivity index (χ0v) is 57.6. The number of hydrogen-bond acceptors (Lipinski definition) is 9. The van der Waals surface area contributed by atoms with Gasteiger partial charge in [-0.2, -0.15) is 0 Å². The number of unbranched alkanes of at least 4 members (excludes halogenated alkanes) is 1. The molecule has 0 fully saturated rings. The highest BCUT2D eigenvalue weighted by atomic mass is 28.4. The van der Waals surface area contributed by atoms with Gasteiger partial charge in [-0.05, 0) is 174 Å². The molecule has 0 amide bonds. The second kappa shape index (κ2) is 34.8. The summed E-state index contributed by atoms with van der Waals surface area (Å²) in [6.45, 7) is 49.2. The van der Waals surface area contributed by atoms with Crippen molar-refractivity contribution >= 4 is 50.8 Å². The normalized spacial score (nSPS) is 16.6. The molecule has 7 atom stereocenters. The number of hydrogen-bond donors (Lipinski definition) is 1. The molecular formula is C64H116O10Si4. The quantitative estimate of drug-likeness (QED) is 0.0293. The van der Waals surface area contributed by atoms with Crippen LogP contribution in [0.5, 0.6) is 5.75 Å². The maximum atomic E-state index is 16.0. The van der Waals surface area contributed by atoms with Crippen LogP contribution >= 0.6 is 0 Å². The first-order valence-electron chi connectivity index (χ1n) is 30.4. The molecule has 0 spiro atoms. The molecule has 0 saturated carbocycles. The number of allylic oxidation sites excluding steroid dienone is 5. The van der Waals surface area contributed by atoms with E-state index in [1.807, 2.05) is 30.3 Å². The van der Waals surface area contributed by atoms with Gasteiger partial charge in [0.2, 0.25) is 0 Å². The van der Waals surface area contributed by atoms with Gasteiger partial charge in [0.1, 0.15) is 11.9 Å². The van der Waals surface area contributed by atoms with E-state index in [2.05, 4.69) is 143 Å². The topological polar surface area (TPSA) is 127 Å². The van der Waals surface area contributed by atoms with E-state index in [-0.39, 0.29) is 47.6 Å². The van der Waals surface area contributed by atoms with Crippen molar-refractivity contribution in [3.8, 4) is 5.75 Å². The molecule has 0 aromatic heterocycles. The van der Waals surface area contributed by atoms with Crippen molar-refractivity contribution in [1.82, 2.24) is 0 Å². The molecule has 448 valence electrons. The van der Waals surface area contributed by atoms with Gasteiger partial charge in [0.15, 0.2) is 44.8 Å². The Morgan fingerprint density at radius 2 is 1.27 bits per heavy atom. The third kappa shape index (κ3) is 23.7. The van der Waals surface area contributed by atoms with Gasteiger partial charge in [0.05, 0.1) is 31.5 Å². The Labute approximate surface area is 482 Å². The molecule has 14 heteroatoms. The third-order valence-corrected chi connectivity index (χ3v) is 36.7. The first-order chi connectivity index (χ1) is 36.4. The van der Waals surface area contributed by atoms with E-state index in [9.17, 15) is 9.59 Å². The highest BCUT2D eigenvalue weighted by molar-refractivity contribution is 6.75. The summed E-state index contributed by atoms with van der Waals surface area (Å²) in [5, 5.41) is 8.99. The Bertz CT molecular complexity index is 2020. The standard InChI is InChI=1S/C64H116O10Si4/c1-23-76(24-2,25-3)71-54(15)45-52(13)60(73-77(26-4,27-5)28-6)61(70-48-55-39-41-57(69-20)42-40-55)59(66)46-58(72-75(21,22)63(16,17)18)47-64(19,74-78(29-7,30-8)31-9)53(14)44-50(11)43-49(10)35-34-38-56(65)37-33-32-36-51(12)62(67)68/h34,36,38-42,44,49,52,54,58,60-61H,11,23-33,35,37,43,45-48H2,1-10,12-22H3,(H,67,68)/b38-34+,51-36+,53-44+/t49-,52+,54+,58+,60-,61-,64+/m0/s1. The van der Waals surface area contributed by atoms with Gasteiger partial charge >= 0.3 is 5.97 Å². The lowest BCUT2D eigenvalue weighted by molar-refractivity contribution is -0.144. The minimum atomic E-state index is -2.50. The van der Waals surface area contributed by atoms with E-state index < -0.39 is 63.2 Å². The van der Waals surface area contributed by atoms with Crippen LogP contribution in [-0.2, 0) is 43.4 Å². The van der Waals surface area contributed by atoms with Crippen LogP contribution in [0.4, 0.5) is 0 Å². The summed E-state index contributed by atoms with van der Waals surface area (Å²) in [6, 6.07) is 16.9. The smallest absolute Gasteiger partial charge is 0.330 e. The van der Waals surface area contributed by atoms with Crippen LogP contribution in [0, 0.1) is 11.8 Å². The van der Waals surface area contributed by atoms with E-state index in [1.54, 1.807) is 26.2 Å². The lowest BCUT2D eigenvalue weighted by Crippen LogP contribution is -2.53. The Morgan fingerprint density at radius 1 is 0.744 bits per heavy atom. The number of carboxylic acid groups (broad SMARTS) is 1. The number of benzene rings is 1. The number of ether oxygens (including phenoxy) is 2. The summed E-state index contributed by atoms with van der Waals surface area (Å²) in [6.07, 6.45) is 10.0. The first kappa shape index (κ1) is 73.5. The third-order valence-electron chi connectivity index (χ3n) is 18.0. The number of methoxy groups -OCH3 is 1. The van der Waals surface area contributed by atoms with E-state index in [4.69, 9.17) is 32.3 Å². The molecule has 0 saturated heterocycles. The second-order valence-electron chi connectivity index (χ2n) is 24.7. The molecule has 0 aliphatic carbocycles. The lowest BCUT2D eigenvalue weighted by Gasteiger charge is -2.46. The summed E-state index contributed by atoms with van der Waals surface area (Å²) in [5.74, 6) is 0.0528. The first-order valence-corrected chi connectivity index (χ1v) is 40.9. The maximum absolute atomic E-state index is 16.0. The number of ketones is 2. The van der Waals surface area contributed by atoms with Gasteiger partial charge in [-0.1, -0.05) is 139 Å². The SMILES string of the molecule is C=C(/C=C(\C)[C@@](C)(C[C@@H](CC(=O)[C@H](OCc1ccc(OC)cc1)[C@@H](O[Si](CC)(CC)CC)[C@H](C)C[C@@H](C)O[Si](CC)(CC)CC)O[Si](C)(C)C(C)(C)C)O[Si](CC)(CC)CC)C[C@@H](C)C/C=C/C(=O)CCC/C=C(\C)C(=O)O. The number of aliphatic carboxylic acids is 1. The fourth-order valence-electron chi connectivity index (χ4n) is 10.7. The van der Waals surface area contributed by atoms with Crippen molar-refractivity contribution in [3.63, 3.8) is 0 Å². The van der Waals surface area contributed by atoms with Crippen LogP contribution < -0.4 is 4.74 Å². The molecule has 0 bridgehead atoms. The van der Waals surface area contributed by atoms with Crippen LogP contribution in [-0.4, -0.2) is 93.0 Å². The summed E-state index contributed by atoms with van der Waals surface area (Å²) >= 11 is 0. The molecule has 78 heavy (non-hydrogen) atoms. The second-order valence-corrected chi connectivity index (χ2v) is 43.6. The van der Waals surface area contributed by atoms with Gasteiger partial charge in [0, 0.05) is 30.9 Å². The van der Waals surface area contributed by atoms with Gasteiger partial charge in [-0.15, -0.1) is 0 Å². The molecule has 0 aliphatic rings. The molecule has 1 rings (SSSR count). The fraction of sp³-hybridized carbons (Fsp3) is 0.734. The Kier molecular flexibility index (Phi) is 32.8. The molecule has 1 aromatic carbocycles. The number of carbonyl (C=O) groups is 3. The van der Waals surface area contributed by atoms with Gasteiger partial charge in [-0.3, -0.25) is 9.59 Å². The predicted octanol–water partition coefficient (Wildman–Crippen LogP) is 18.2. The average Bonchev–Trinajstić information content (AvgIpc) is 3.39. The number of Topliss-reactive ketones (excluding diaryl/α,β-unsaturated/α-hetero) is 1. The van der Waals surface area contributed by atoms with Crippen LogP contribution in [0.1, 0.15) is 182 Å². The van der Waals surface area contributed by atoms with Crippen LogP contribution in [0.2, 0.25) is 72.5 Å². The number of rotatable bonds is 42. The van der Waals surface area contributed by atoms with Gasteiger partial charge in [0.25, 0.3) is 0 Å². The largest absolute Gasteiger partial charge is 0.497 e. The molecule has 0 heterocycles. The molecule has 0 radical (unpaired) electrons. The van der Waals surface area contributed by atoms with E-state index in [0.29, 0.717) is 31.3 Å². The van der Waals surface area contributed by atoms with E-state index in [1.165, 1.54) is 0 Å². The van der Waals surface area contributed by atoms with Crippen LogP contribution in [0.3, 0.4) is 0 Å². The van der Waals surface area contributed by atoms with E-state index >= 15 is 4.79 Å². The van der Waals surface area contributed by atoms with Crippen molar-refractivity contribution < 1.29 is 46.7 Å². The van der Waals surface area contributed by atoms with Crippen molar-refractivity contribution in [2.24, 2.45) is 11.8 Å². The molecule has 1 aromatic rings. The lowest BCUT2D eigenvalue weighted by atomic mass is 9.85. The Balaban J connectivity index is 4.04. The molecule has 0 unspecified atom stereocenters. The highest BCUT2D eigenvalue weighted by Gasteiger charge is 2.47. The Hall–Kier alpha value is -2.54. The molecule has 0 aliphatic heterocycles. The minimum Gasteiger partial charge on any atom is -0.497 e. The average molecular weight is 1160 g/mol. The summed E-state index contributed by atoms with van der Waals surface area (Å²) in [4.78, 5) is 39.8. The number of carboxylic acids is 1. The maximum Gasteiger partial charge on any atom is 0.330 e. The molecule has 1 N–H and O–H groups in total. The highest BCUT2D eigenvalue weighted by Crippen LogP contribution is 2.43. The monoisotopic (exact) mass is 1160 g/mol. The minimum absolute atomic E-state index is 0.00147. The predicted molar refractivity (Wildman–Crippen MR) is 339 cm³/mol. The van der Waals surface area contributed by atoms with Gasteiger partial charge in [-0.25, -0.2) is 4.79 Å². The fourth-order valence-corrected chi connectivity index (χ4v) is 21.0. The van der Waals surface area contributed by atoms with E-state index in [0.717, 1.165) is 96.1 Å². The van der Waals surface area contributed by atoms with Crippen LogP contribution in [0.15, 0.2) is 71.9 Å². The zero-order chi connectivity index (χ0) is 59.7. The summed E-state index contributed by atoms with van der Waals surface area (Å²) < 4.78 is 42.6. The van der Waals surface area contributed by atoms with Crippen molar-refractivity contribution in [2.45, 2.75) is 285 Å². The summed E-state index contributed by atoms with van der Waals surface area (Å²) in [5.41, 5.74) is 2.52. The number of carbonyl (C=O) groups excluding carboxylic acids is 2. The summed E-state index contributed by atoms with van der Waals surface area (Å²) in [7, 11) is -7.34. The molecular weight excluding hydrogens is 1040 g/mol. The van der Waals surface area contributed by atoms with Crippen molar-refractivity contribution in [2.75, 3.05) is 7.11 Å². The molecule has 10 nitrogen and oxygen atoms in total. The van der Waals surface area contributed by atoms with Gasteiger partial charge < -0.3 is 32.3 Å². The van der Waals surface area contributed by atoms with Crippen LogP contribution in [0.25, 0.3) is 0 Å². The van der Waals surface area contributed by atoms with Crippen molar-refractivity contribution in [1.29, 1.82) is 0 Å².